The largest absolute Gasteiger partial charge is 0.455 e. The van der Waals surface area contributed by atoms with Gasteiger partial charge < -0.3 is 14.7 Å². The van der Waals surface area contributed by atoms with Crippen molar-refractivity contribution < 1.29 is 4.42 Å². The minimum atomic E-state index is 0.239. The molecule has 3 aromatic heterocycles. The molecular formula is C57H46N4OS. The standard InChI is InChI=1S/C57H46N4OS/c1-6-20-40(8-3)46(34-37(5)56(58)60-57(41(9-4)21-7-2)59-36-39-24-14-11-15-25-39)49(35-38-22-12-10-13-23-38)61-47-28-18-16-26-44(47)52-48(61)32-30-42-43-31-33-51-53(55(43)62-54(42)52)45-27-17-19-29-50(45)63-51/h6-35H,1,3,5,36H2,2,4H3,(H2,58,59,60)/b21-7-,40-20+,41-9+,46-34-,49-35-. The van der Waals surface area contributed by atoms with Crippen LogP contribution < -0.4 is 5.73 Å². The Kier molecular flexibility index (Phi) is 11.4. The zero-order chi connectivity index (χ0) is 43.5. The number of furan rings is 1. The molecule has 306 valence electrons. The third-order valence-corrected chi connectivity index (χ3v) is 12.4. The maximum absolute atomic E-state index is 7.11. The van der Waals surface area contributed by atoms with E-state index in [1.165, 1.54) is 14.8 Å². The summed E-state index contributed by atoms with van der Waals surface area (Å²) in [7, 11) is 0. The van der Waals surface area contributed by atoms with Crippen LogP contribution in [0.25, 0.3) is 75.7 Å². The lowest BCUT2D eigenvalue weighted by molar-refractivity contribution is 0.677. The van der Waals surface area contributed by atoms with Gasteiger partial charge in [-0.05, 0) is 79.1 Å². The van der Waals surface area contributed by atoms with E-state index < -0.39 is 0 Å². The molecule has 2 N–H and O–H groups in total. The lowest BCUT2D eigenvalue weighted by Gasteiger charge is -2.19. The number of thiophene rings is 1. The molecule has 9 rings (SSSR count). The van der Waals surface area contributed by atoms with Crippen LogP contribution in [0.3, 0.4) is 0 Å². The number of fused-ring (bicyclic) bond motifs is 11. The van der Waals surface area contributed by atoms with Gasteiger partial charge in [-0.25, -0.2) is 4.99 Å². The maximum Gasteiger partial charge on any atom is 0.156 e. The van der Waals surface area contributed by atoms with Crippen LogP contribution in [0, 0.1) is 0 Å². The molecule has 5 nitrogen and oxygen atoms in total. The number of benzene rings is 6. The number of nitrogens with zero attached hydrogens (tertiary/aromatic N) is 3. The molecule has 0 unspecified atom stereocenters. The Labute approximate surface area is 371 Å². The highest BCUT2D eigenvalue weighted by atomic mass is 32.1. The molecule has 0 saturated carbocycles. The molecule has 9 aromatic rings. The molecule has 6 heteroatoms. The summed E-state index contributed by atoms with van der Waals surface area (Å²) in [6.45, 7) is 17.3. The van der Waals surface area contributed by atoms with Crippen molar-refractivity contribution >= 4 is 98.7 Å². The molecular weight excluding hydrogens is 789 g/mol. The van der Waals surface area contributed by atoms with Gasteiger partial charge in [0.2, 0.25) is 0 Å². The molecule has 0 radical (unpaired) electrons. The Morgan fingerprint density at radius 1 is 0.714 bits per heavy atom. The molecule has 0 aliphatic rings. The summed E-state index contributed by atoms with van der Waals surface area (Å²) in [4.78, 5) is 9.88. The van der Waals surface area contributed by atoms with Gasteiger partial charge in [0.25, 0.3) is 0 Å². The summed E-state index contributed by atoms with van der Waals surface area (Å²) in [5.74, 6) is 0.756. The highest BCUT2D eigenvalue weighted by Gasteiger charge is 2.24. The van der Waals surface area contributed by atoms with E-state index in [4.69, 9.17) is 20.1 Å². The van der Waals surface area contributed by atoms with Gasteiger partial charge in [-0.3, -0.25) is 4.99 Å². The number of amidine groups is 2. The second-order valence-electron chi connectivity index (χ2n) is 15.2. The van der Waals surface area contributed by atoms with Crippen LogP contribution in [0.5, 0.6) is 0 Å². The molecule has 0 amide bonds. The first-order valence-corrected chi connectivity index (χ1v) is 21.8. The Bertz CT molecular complexity index is 3490. The number of rotatable bonds is 12. The van der Waals surface area contributed by atoms with Crippen LogP contribution >= 0.6 is 11.3 Å². The molecule has 0 aliphatic heterocycles. The fourth-order valence-corrected chi connectivity index (χ4v) is 9.44. The number of allylic oxidation sites excluding steroid dienone is 8. The molecule has 0 fully saturated rings. The Morgan fingerprint density at radius 2 is 1.40 bits per heavy atom. The summed E-state index contributed by atoms with van der Waals surface area (Å²) in [6.07, 6.45) is 15.7. The maximum atomic E-state index is 7.11. The third kappa shape index (κ3) is 7.62. The van der Waals surface area contributed by atoms with Gasteiger partial charge in [0.1, 0.15) is 17.0 Å². The van der Waals surface area contributed by atoms with Crippen LogP contribution in [0.2, 0.25) is 0 Å². The molecule has 0 spiro atoms. The predicted octanol–water partition coefficient (Wildman–Crippen LogP) is 15.3. The average Bonchev–Trinajstić information content (AvgIpc) is 4.00. The summed E-state index contributed by atoms with van der Waals surface area (Å²) in [6, 6.07) is 46.3. The number of aliphatic imine (C=N–C) groups is 2. The van der Waals surface area contributed by atoms with Gasteiger partial charge in [-0.2, -0.15) is 0 Å². The highest BCUT2D eigenvalue weighted by Crippen LogP contribution is 2.46. The second-order valence-corrected chi connectivity index (χ2v) is 16.2. The van der Waals surface area contributed by atoms with E-state index in [1.54, 1.807) is 17.4 Å². The van der Waals surface area contributed by atoms with Crippen LogP contribution in [-0.4, -0.2) is 16.2 Å². The van der Waals surface area contributed by atoms with E-state index in [2.05, 4.69) is 127 Å². The smallest absolute Gasteiger partial charge is 0.156 e. The topological polar surface area (TPSA) is 68.8 Å². The molecule has 6 aromatic carbocycles. The zero-order valence-corrected chi connectivity index (χ0v) is 36.2. The summed E-state index contributed by atoms with van der Waals surface area (Å²) in [5, 5.41) is 6.62. The van der Waals surface area contributed by atoms with Gasteiger partial charge in [-0.1, -0.05) is 153 Å². The van der Waals surface area contributed by atoms with E-state index in [0.717, 1.165) is 82.7 Å². The fraction of sp³-hybridized carbons (Fsp3) is 0.0526. The van der Waals surface area contributed by atoms with E-state index >= 15 is 0 Å². The average molecular weight is 835 g/mol. The van der Waals surface area contributed by atoms with Crippen LogP contribution in [0.1, 0.15) is 25.0 Å². The predicted molar refractivity (Wildman–Crippen MR) is 274 cm³/mol. The number of nitrogens with two attached hydrogens (primary N) is 1. The summed E-state index contributed by atoms with van der Waals surface area (Å²) >= 11 is 1.79. The van der Waals surface area contributed by atoms with E-state index in [1.807, 2.05) is 86.7 Å². The van der Waals surface area contributed by atoms with Gasteiger partial charge in [-0.15, -0.1) is 11.3 Å². The zero-order valence-electron chi connectivity index (χ0n) is 35.4. The Morgan fingerprint density at radius 3 is 2.13 bits per heavy atom. The van der Waals surface area contributed by atoms with Gasteiger partial charge in [0.05, 0.1) is 28.7 Å². The van der Waals surface area contributed by atoms with Crippen molar-refractivity contribution in [3.8, 4) is 0 Å². The lowest BCUT2D eigenvalue weighted by atomic mass is 9.97. The van der Waals surface area contributed by atoms with E-state index in [9.17, 15) is 0 Å². The Balaban J connectivity index is 1.29. The van der Waals surface area contributed by atoms with Crippen LogP contribution in [0.4, 0.5) is 0 Å². The summed E-state index contributed by atoms with van der Waals surface area (Å²) in [5.41, 5.74) is 16.6. The molecule has 0 saturated heterocycles. The minimum absolute atomic E-state index is 0.239. The first-order chi connectivity index (χ1) is 30.9. The number of para-hydroxylation sites is 1. The monoisotopic (exact) mass is 834 g/mol. The van der Waals surface area contributed by atoms with Crippen LogP contribution in [0.15, 0.2) is 232 Å². The van der Waals surface area contributed by atoms with Crippen molar-refractivity contribution in [1.29, 1.82) is 0 Å². The number of aromatic nitrogens is 1. The SMILES string of the molecule is C=C/C=C(C=C)/C(=C/C(=C)C(N)=NC(=NCc1ccccc1)C(/C=C\C)=C/C)C(=C/c1ccccc1)/n1c2ccccc2c2c3oc4c(ccc5sc6ccccc6c54)c3ccc21. The molecule has 0 atom stereocenters. The van der Waals surface area contributed by atoms with Gasteiger partial charge >= 0.3 is 0 Å². The molecule has 3 heterocycles. The number of hydrogen-bond acceptors (Lipinski definition) is 3. The normalized spacial score (nSPS) is 13.7. The number of hydrogen-bond donors (Lipinski definition) is 1. The molecule has 63 heavy (non-hydrogen) atoms. The molecule has 0 aliphatic carbocycles. The fourth-order valence-electron chi connectivity index (χ4n) is 8.34. The first kappa shape index (κ1) is 40.6. The van der Waals surface area contributed by atoms with E-state index in [0.29, 0.717) is 18.0 Å². The van der Waals surface area contributed by atoms with Gasteiger partial charge in [0, 0.05) is 53.1 Å². The van der Waals surface area contributed by atoms with Crippen molar-refractivity contribution in [2.24, 2.45) is 15.7 Å². The highest BCUT2D eigenvalue weighted by molar-refractivity contribution is 7.26. The van der Waals surface area contributed by atoms with Crippen molar-refractivity contribution in [2.45, 2.75) is 20.4 Å². The van der Waals surface area contributed by atoms with Crippen molar-refractivity contribution in [3.05, 3.63) is 229 Å². The van der Waals surface area contributed by atoms with Gasteiger partial charge in [0.15, 0.2) is 5.84 Å². The van der Waals surface area contributed by atoms with Crippen molar-refractivity contribution in [2.75, 3.05) is 0 Å². The first-order valence-electron chi connectivity index (χ1n) is 21.0. The van der Waals surface area contributed by atoms with Crippen LogP contribution in [-0.2, 0) is 6.54 Å². The second kappa shape index (κ2) is 17.7. The minimum Gasteiger partial charge on any atom is -0.455 e. The summed E-state index contributed by atoms with van der Waals surface area (Å²) < 4.78 is 11.9. The van der Waals surface area contributed by atoms with Crippen molar-refractivity contribution in [3.63, 3.8) is 0 Å². The van der Waals surface area contributed by atoms with Crippen molar-refractivity contribution in [1.82, 2.24) is 4.57 Å². The van der Waals surface area contributed by atoms with E-state index in [-0.39, 0.29) is 5.84 Å². The Hall–Kier alpha value is -7.80. The lowest BCUT2D eigenvalue weighted by Crippen LogP contribution is -2.17. The quantitative estimate of drug-likeness (QED) is 0.0757. The third-order valence-electron chi connectivity index (χ3n) is 11.3. The molecule has 0 bridgehead atoms.